The minimum Gasteiger partial charge on any atom is -0.383 e. The lowest BCUT2D eigenvalue weighted by Gasteiger charge is -2.15. The summed E-state index contributed by atoms with van der Waals surface area (Å²) in [6.07, 6.45) is 8.84. The number of amides is 1. The van der Waals surface area contributed by atoms with Gasteiger partial charge in [-0.15, -0.1) is 0 Å². The van der Waals surface area contributed by atoms with Crippen LogP contribution in [-0.4, -0.2) is 31.6 Å². The molecule has 3 heterocycles. The highest BCUT2D eigenvalue weighted by molar-refractivity contribution is 6.36. The zero-order valence-electron chi connectivity index (χ0n) is 17.0. The van der Waals surface area contributed by atoms with E-state index in [0.29, 0.717) is 28.0 Å². The van der Waals surface area contributed by atoms with Gasteiger partial charge >= 0.3 is 0 Å². The third-order valence-corrected chi connectivity index (χ3v) is 6.00. The molecule has 1 amide bonds. The smallest absolute Gasteiger partial charge is 0.274 e. The fourth-order valence-corrected chi connectivity index (χ4v) is 4.22. The number of carbonyl (C=O) groups excluding carboxylic acids is 2. The van der Waals surface area contributed by atoms with Crippen LogP contribution >= 0.6 is 11.6 Å². The number of rotatable bonds is 4. The van der Waals surface area contributed by atoms with E-state index in [-0.39, 0.29) is 28.1 Å². The lowest BCUT2D eigenvalue weighted by atomic mass is 9.93. The Labute approximate surface area is 188 Å². The Hall–Kier alpha value is -3.78. The number of nitrogen functional groups attached to an aromatic ring is 1. The molecule has 0 atom stereocenters. The van der Waals surface area contributed by atoms with Crippen molar-refractivity contribution >= 4 is 45.8 Å². The Morgan fingerprint density at radius 3 is 2.69 bits per heavy atom. The predicted molar refractivity (Wildman–Crippen MR) is 122 cm³/mol. The average molecular weight is 447 g/mol. The number of pyridine rings is 1. The molecule has 0 fully saturated rings. The van der Waals surface area contributed by atoms with Gasteiger partial charge in [0, 0.05) is 23.6 Å². The highest BCUT2D eigenvalue weighted by atomic mass is 35.5. The molecule has 1 aromatic carbocycles. The minimum absolute atomic E-state index is 0.193. The number of benzene rings is 1. The van der Waals surface area contributed by atoms with E-state index < -0.39 is 0 Å². The van der Waals surface area contributed by atoms with Crippen LogP contribution in [0.15, 0.2) is 43.0 Å². The second-order valence-electron chi connectivity index (χ2n) is 7.71. The number of nitrogens with two attached hydrogens (primary N) is 1. The van der Waals surface area contributed by atoms with Crippen molar-refractivity contribution in [2.45, 2.75) is 25.7 Å². The topological polar surface area (TPSA) is 127 Å². The molecule has 0 unspecified atom stereocenters. The Morgan fingerprint density at radius 2 is 1.84 bits per heavy atom. The monoisotopic (exact) mass is 446 g/mol. The van der Waals surface area contributed by atoms with Crippen molar-refractivity contribution in [2.75, 3.05) is 11.1 Å². The van der Waals surface area contributed by atoms with Crippen LogP contribution in [0.3, 0.4) is 0 Å². The first-order chi connectivity index (χ1) is 15.5. The first-order valence-electron chi connectivity index (χ1n) is 10.2. The number of carbonyl (C=O) groups is 2. The normalized spacial score (nSPS) is 13.0. The average Bonchev–Trinajstić information content (AvgIpc) is 3.25. The Bertz CT molecular complexity index is 1380. The van der Waals surface area contributed by atoms with Gasteiger partial charge in [0.25, 0.3) is 5.91 Å². The molecule has 0 aliphatic heterocycles. The van der Waals surface area contributed by atoms with Crippen LogP contribution in [0, 0.1) is 0 Å². The second kappa shape index (κ2) is 8.05. The summed E-state index contributed by atoms with van der Waals surface area (Å²) < 4.78 is 0. The van der Waals surface area contributed by atoms with Crippen molar-refractivity contribution in [3.8, 4) is 0 Å². The van der Waals surface area contributed by atoms with E-state index in [2.05, 4.69) is 25.3 Å². The second-order valence-corrected chi connectivity index (χ2v) is 8.12. The van der Waals surface area contributed by atoms with E-state index in [9.17, 15) is 9.59 Å². The van der Waals surface area contributed by atoms with Crippen LogP contribution in [0.25, 0.3) is 11.0 Å². The molecule has 32 heavy (non-hydrogen) atoms. The molecule has 4 N–H and O–H groups in total. The number of halogens is 1. The highest BCUT2D eigenvalue weighted by Gasteiger charge is 2.21. The Balaban J connectivity index is 1.44. The standard InChI is InChI=1S/C23H19ClN6O2/c24-17-6-5-14(30-23(32)18-7-12-3-1-2-4-13(12)9-26-18)8-15(17)20(31)16-10-27-22-19(16)21(25)28-11-29-22/h5-11H,1-4H2,(H,30,32)(H3,25,27,28,29). The number of H-pyrrole nitrogens is 1. The third-order valence-electron chi connectivity index (χ3n) is 5.67. The van der Waals surface area contributed by atoms with E-state index in [1.807, 2.05) is 6.07 Å². The summed E-state index contributed by atoms with van der Waals surface area (Å²) in [4.78, 5) is 41.3. The van der Waals surface area contributed by atoms with Crippen LogP contribution in [0.1, 0.15) is 50.4 Å². The molecular weight excluding hydrogens is 428 g/mol. The quantitative estimate of drug-likeness (QED) is 0.407. The number of hydrogen-bond acceptors (Lipinski definition) is 6. The van der Waals surface area contributed by atoms with Gasteiger partial charge in [0.2, 0.25) is 0 Å². The van der Waals surface area contributed by atoms with Gasteiger partial charge in [-0.3, -0.25) is 14.6 Å². The van der Waals surface area contributed by atoms with Gasteiger partial charge in [0.05, 0.1) is 16.0 Å². The zero-order valence-corrected chi connectivity index (χ0v) is 17.7. The molecule has 0 spiro atoms. The molecule has 5 rings (SSSR count). The number of anilines is 2. The number of aromatic amines is 1. The largest absolute Gasteiger partial charge is 0.383 e. The van der Waals surface area contributed by atoms with E-state index in [1.165, 1.54) is 23.7 Å². The van der Waals surface area contributed by atoms with Crippen molar-refractivity contribution < 1.29 is 9.59 Å². The molecule has 1 aliphatic carbocycles. The predicted octanol–water partition coefficient (Wildman–Crippen LogP) is 3.95. The van der Waals surface area contributed by atoms with Crippen LogP contribution < -0.4 is 11.1 Å². The van der Waals surface area contributed by atoms with Gasteiger partial charge in [-0.2, -0.15) is 0 Å². The molecule has 9 heteroatoms. The molecule has 3 aromatic heterocycles. The first-order valence-corrected chi connectivity index (χ1v) is 10.6. The van der Waals surface area contributed by atoms with E-state index in [0.717, 1.165) is 25.7 Å². The summed E-state index contributed by atoms with van der Waals surface area (Å²) in [5.41, 5.74) is 10.1. The van der Waals surface area contributed by atoms with Gasteiger partial charge in [-0.05, 0) is 61.1 Å². The Kier molecular flexibility index (Phi) is 5.07. The molecule has 0 bridgehead atoms. The van der Waals surface area contributed by atoms with Crippen molar-refractivity contribution in [1.82, 2.24) is 19.9 Å². The summed E-state index contributed by atoms with van der Waals surface area (Å²) in [5, 5.41) is 3.50. The third kappa shape index (κ3) is 3.58. The summed E-state index contributed by atoms with van der Waals surface area (Å²) in [7, 11) is 0. The summed E-state index contributed by atoms with van der Waals surface area (Å²) in [5.74, 6) is -0.506. The molecule has 1 aliphatic rings. The summed E-state index contributed by atoms with van der Waals surface area (Å²) in [6.45, 7) is 0. The molecule has 8 nitrogen and oxygen atoms in total. The number of ketones is 1. The van der Waals surface area contributed by atoms with Crippen molar-refractivity contribution in [1.29, 1.82) is 0 Å². The van der Waals surface area contributed by atoms with Gasteiger partial charge < -0.3 is 16.0 Å². The molecular formula is C23H19ClN6O2. The van der Waals surface area contributed by atoms with Crippen molar-refractivity contribution in [3.05, 3.63) is 76.0 Å². The molecule has 0 saturated carbocycles. The number of nitrogens with zero attached hydrogens (tertiary/aromatic N) is 3. The van der Waals surface area contributed by atoms with Crippen molar-refractivity contribution in [3.63, 3.8) is 0 Å². The highest BCUT2D eigenvalue weighted by Crippen LogP contribution is 2.28. The number of hydrogen-bond donors (Lipinski definition) is 3. The molecule has 0 radical (unpaired) electrons. The minimum atomic E-state index is -0.356. The fraction of sp³-hybridized carbons (Fsp3) is 0.174. The number of nitrogens with one attached hydrogen (secondary N) is 2. The maximum atomic E-state index is 13.2. The first kappa shape index (κ1) is 20.1. The maximum absolute atomic E-state index is 13.2. The molecule has 160 valence electrons. The van der Waals surface area contributed by atoms with Crippen LogP contribution in [0.2, 0.25) is 5.02 Å². The lowest BCUT2D eigenvalue weighted by molar-refractivity contribution is 0.101. The van der Waals surface area contributed by atoms with Gasteiger partial charge in [-0.25, -0.2) is 9.97 Å². The van der Waals surface area contributed by atoms with Crippen LogP contribution in [0.5, 0.6) is 0 Å². The zero-order chi connectivity index (χ0) is 22.2. The van der Waals surface area contributed by atoms with Crippen molar-refractivity contribution in [2.24, 2.45) is 0 Å². The summed E-state index contributed by atoms with van der Waals surface area (Å²) in [6, 6.07) is 6.60. The maximum Gasteiger partial charge on any atom is 0.274 e. The van der Waals surface area contributed by atoms with Gasteiger partial charge in [0.1, 0.15) is 23.5 Å². The number of aryl methyl sites for hydroxylation is 2. The van der Waals surface area contributed by atoms with E-state index >= 15 is 0 Å². The Morgan fingerprint density at radius 1 is 1.03 bits per heavy atom. The van der Waals surface area contributed by atoms with E-state index in [1.54, 1.807) is 24.4 Å². The number of fused-ring (bicyclic) bond motifs is 2. The van der Waals surface area contributed by atoms with Gasteiger partial charge in [0.15, 0.2) is 5.78 Å². The van der Waals surface area contributed by atoms with Crippen LogP contribution in [-0.2, 0) is 12.8 Å². The fourth-order valence-electron chi connectivity index (χ4n) is 4.02. The summed E-state index contributed by atoms with van der Waals surface area (Å²) >= 11 is 6.31. The molecule has 4 aromatic rings. The number of aromatic nitrogens is 4. The van der Waals surface area contributed by atoms with E-state index in [4.69, 9.17) is 17.3 Å². The molecule has 0 saturated heterocycles. The SMILES string of the molecule is Nc1ncnc2[nH]cc(C(=O)c3cc(NC(=O)c4cc5c(cn4)CCCC5)ccc3Cl)c12. The van der Waals surface area contributed by atoms with Crippen LogP contribution in [0.4, 0.5) is 11.5 Å². The lowest BCUT2D eigenvalue weighted by Crippen LogP contribution is -2.16. The van der Waals surface area contributed by atoms with Gasteiger partial charge in [-0.1, -0.05) is 11.6 Å².